The number of aromatic nitrogens is 3. The maximum Gasteiger partial charge on any atom is 0.277 e. The van der Waals surface area contributed by atoms with Gasteiger partial charge in [-0.2, -0.15) is 0 Å². The van der Waals surface area contributed by atoms with Crippen LogP contribution in [0.15, 0.2) is 75.7 Å². The van der Waals surface area contributed by atoms with Crippen molar-refractivity contribution in [1.82, 2.24) is 15.2 Å². The number of anilines is 1. The SMILES string of the molecule is CCCCCCN(C(=O)CSc1nnc(-c2ccccc2)o1)c1nc(-c2ccccc2)cs1. The van der Waals surface area contributed by atoms with Crippen LogP contribution in [-0.2, 0) is 4.79 Å². The third-order valence-corrected chi connectivity index (χ3v) is 6.74. The first kappa shape index (κ1) is 23.2. The van der Waals surface area contributed by atoms with Crippen molar-refractivity contribution in [1.29, 1.82) is 0 Å². The Hall–Kier alpha value is -2.97. The number of benzene rings is 2. The molecule has 2 aromatic heterocycles. The van der Waals surface area contributed by atoms with Gasteiger partial charge in [0.25, 0.3) is 5.22 Å². The predicted octanol–water partition coefficient (Wildman–Crippen LogP) is 6.57. The van der Waals surface area contributed by atoms with Crippen LogP contribution in [-0.4, -0.2) is 33.4 Å². The molecule has 2 aromatic carbocycles. The summed E-state index contributed by atoms with van der Waals surface area (Å²) in [6.45, 7) is 2.83. The van der Waals surface area contributed by atoms with Crippen LogP contribution in [0.1, 0.15) is 32.6 Å². The zero-order valence-corrected chi connectivity index (χ0v) is 20.1. The van der Waals surface area contributed by atoms with Gasteiger partial charge >= 0.3 is 0 Å². The average molecular weight is 479 g/mol. The molecule has 0 N–H and O–H groups in total. The summed E-state index contributed by atoms with van der Waals surface area (Å²) in [5.74, 6) is 0.657. The Kier molecular flexibility index (Phi) is 8.27. The van der Waals surface area contributed by atoms with Crippen molar-refractivity contribution in [2.75, 3.05) is 17.2 Å². The second-order valence-corrected chi connectivity index (χ2v) is 9.28. The Labute approximate surface area is 202 Å². The minimum absolute atomic E-state index is 0.00933. The summed E-state index contributed by atoms with van der Waals surface area (Å²) in [7, 11) is 0. The number of thioether (sulfide) groups is 1. The Morgan fingerprint density at radius 1 is 0.970 bits per heavy atom. The van der Waals surface area contributed by atoms with Crippen LogP contribution in [0.5, 0.6) is 0 Å². The maximum absolute atomic E-state index is 13.2. The van der Waals surface area contributed by atoms with Crippen LogP contribution in [0, 0.1) is 0 Å². The monoisotopic (exact) mass is 478 g/mol. The van der Waals surface area contributed by atoms with Crippen molar-refractivity contribution in [3.8, 4) is 22.7 Å². The lowest BCUT2D eigenvalue weighted by Gasteiger charge is -2.19. The molecule has 0 aliphatic carbocycles. The van der Waals surface area contributed by atoms with Crippen LogP contribution in [0.3, 0.4) is 0 Å². The quantitative estimate of drug-likeness (QED) is 0.179. The third-order valence-electron chi connectivity index (χ3n) is 5.08. The summed E-state index contributed by atoms with van der Waals surface area (Å²) < 4.78 is 5.74. The summed E-state index contributed by atoms with van der Waals surface area (Å²) in [5.41, 5.74) is 2.79. The van der Waals surface area contributed by atoms with Crippen molar-refractivity contribution < 1.29 is 9.21 Å². The van der Waals surface area contributed by atoms with Crippen LogP contribution < -0.4 is 4.90 Å². The van der Waals surface area contributed by atoms with Gasteiger partial charge in [0, 0.05) is 23.1 Å². The molecule has 0 unspecified atom stereocenters. The molecule has 0 spiro atoms. The molecular formula is C25H26N4O2S2. The second-order valence-electron chi connectivity index (χ2n) is 7.52. The average Bonchev–Trinajstić information content (AvgIpc) is 3.54. The minimum Gasteiger partial charge on any atom is -0.411 e. The van der Waals surface area contributed by atoms with Crippen molar-refractivity contribution in [3.63, 3.8) is 0 Å². The van der Waals surface area contributed by atoms with Gasteiger partial charge < -0.3 is 4.42 Å². The van der Waals surface area contributed by atoms with Crippen molar-refractivity contribution >= 4 is 34.1 Å². The molecule has 0 atom stereocenters. The molecule has 1 amide bonds. The Morgan fingerprint density at radius 3 is 2.42 bits per heavy atom. The standard InChI is InChI=1S/C25H26N4O2S2/c1-2-3-4-11-16-29(24-26-21(17-32-24)19-12-7-5-8-13-19)22(30)18-33-25-28-27-23(31-25)20-14-9-6-10-15-20/h5-10,12-15,17H,2-4,11,16,18H2,1H3. The number of unbranched alkanes of at least 4 members (excludes halogenated alkanes) is 3. The van der Waals surface area contributed by atoms with Crippen LogP contribution in [0.25, 0.3) is 22.7 Å². The van der Waals surface area contributed by atoms with Gasteiger partial charge in [-0.25, -0.2) is 4.98 Å². The first-order valence-corrected chi connectivity index (χ1v) is 12.9. The van der Waals surface area contributed by atoms with E-state index in [-0.39, 0.29) is 11.7 Å². The number of hydrogen-bond donors (Lipinski definition) is 0. The Bertz CT molecular complexity index is 1150. The van der Waals surface area contributed by atoms with E-state index in [0.29, 0.717) is 17.7 Å². The molecule has 8 heteroatoms. The highest BCUT2D eigenvalue weighted by Crippen LogP contribution is 2.29. The molecule has 0 saturated heterocycles. The van der Waals surface area contributed by atoms with Gasteiger partial charge in [-0.1, -0.05) is 86.5 Å². The zero-order valence-electron chi connectivity index (χ0n) is 18.5. The van der Waals surface area contributed by atoms with E-state index in [1.807, 2.05) is 66.0 Å². The van der Waals surface area contributed by atoms with E-state index in [0.717, 1.165) is 47.6 Å². The molecule has 4 aromatic rings. The maximum atomic E-state index is 13.2. The largest absolute Gasteiger partial charge is 0.411 e. The van der Waals surface area contributed by atoms with Gasteiger partial charge in [0.2, 0.25) is 11.8 Å². The molecule has 0 saturated carbocycles. The molecule has 33 heavy (non-hydrogen) atoms. The highest BCUT2D eigenvalue weighted by atomic mass is 32.2. The molecule has 0 fully saturated rings. The topological polar surface area (TPSA) is 72.1 Å². The zero-order chi connectivity index (χ0) is 22.9. The third kappa shape index (κ3) is 6.30. The lowest BCUT2D eigenvalue weighted by atomic mass is 10.2. The van der Waals surface area contributed by atoms with E-state index in [9.17, 15) is 4.79 Å². The first-order valence-electron chi connectivity index (χ1n) is 11.1. The summed E-state index contributed by atoms with van der Waals surface area (Å²) in [6.07, 6.45) is 4.35. The second kappa shape index (κ2) is 11.8. The first-order chi connectivity index (χ1) is 16.2. The minimum atomic E-state index is -0.00933. The van der Waals surface area contributed by atoms with E-state index in [1.54, 1.807) is 4.90 Å². The van der Waals surface area contributed by atoms with E-state index in [2.05, 4.69) is 17.1 Å². The van der Waals surface area contributed by atoms with Gasteiger partial charge in [-0.05, 0) is 18.6 Å². The van der Waals surface area contributed by atoms with Gasteiger partial charge in [-0.3, -0.25) is 9.69 Å². The number of nitrogens with zero attached hydrogens (tertiary/aromatic N) is 4. The number of hydrogen-bond acceptors (Lipinski definition) is 7. The molecule has 0 aliphatic heterocycles. The van der Waals surface area contributed by atoms with E-state index in [4.69, 9.17) is 9.40 Å². The van der Waals surface area contributed by atoms with E-state index < -0.39 is 0 Å². The fourth-order valence-electron chi connectivity index (χ4n) is 3.32. The van der Waals surface area contributed by atoms with Gasteiger partial charge in [0.05, 0.1) is 11.4 Å². The van der Waals surface area contributed by atoms with Crippen molar-refractivity contribution in [2.24, 2.45) is 0 Å². The summed E-state index contributed by atoms with van der Waals surface area (Å²) in [5, 5.41) is 11.3. The Balaban J connectivity index is 1.44. The molecule has 0 aliphatic rings. The van der Waals surface area contributed by atoms with Crippen LogP contribution >= 0.6 is 23.1 Å². The van der Waals surface area contributed by atoms with Crippen molar-refractivity contribution in [2.45, 2.75) is 37.8 Å². The fourth-order valence-corrected chi connectivity index (χ4v) is 4.84. The van der Waals surface area contributed by atoms with Crippen molar-refractivity contribution in [3.05, 3.63) is 66.0 Å². The van der Waals surface area contributed by atoms with E-state index >= 15 is 0 Å². The molecule has 2 heterocycles. The van der Waals surface area contributed by atoms with E-state index in [1.165, 1.54) is 23.1 Å². The number of carbonyl (C=O) groups excluding carboxylic acids is 1. The lowest BCUT2D eigenvalue weighted by molar-refractivity contribution is -0.116. The lowest BCUT2D eigenvalue weighted by Crippen LogP contribution is -2.33. The summed E-state index contributed by atoms with van der Waals surface area (Å²) in [6, 6.07) is 19.6. The highest BCUT2D eigenvalue weighted by molar-refractivity contribution is 7.99. The smallest absolute Gasteiger partial charge is 0.277 e. The number of rotatable bonds is 11. The number of thiazole rings is 1. The molecule has 4 rings (SSSR count). The summed E-state index contributed by atoms with van der Waals surface area (Å²) >= 11 is 2.76. The molecule has 0 bridgehead atoms. The molecule has 6 nitrogen and oxygen atoms in total. The molecule has 0 radical (unpaired) electrons. The van der Waals surface area contributed by atoms with Gasteiger partial charge in [0.1, 0.15) is 0 Å². The molecule has 170 valence electrons. The molecular weight excluding hydrogens is 452 g/mol. The summed E-state index contributed by atoms with van der Waals surface area (Å²) in [4.78, 5) is 19.7. The van der Waals surface area contributed by atoms with Gasteiger partial charge in [0.15, 0.2) is 5.13 Å². The van der Waals surface area contributed by atoms with Crippen LogP contribution in [0.2, 0.25) is 0 Å². The predicted molar refractivity (Wildman–Crippen MR) is 135 cm³/mol. The fraction of sp³-hybridized carbons (Fsp3) is 0.280. The number of carbonyl (C=O) groups is 1. The Morgan fingerprint density at radius 2 is 1.70 bits per heavy atom. The van der Waals surface area contributed by atoms with Gasteiger partial charge in [-0.15, -0.1) is 21.5 Å². The highest BCUT2D eigenvalue weighted by Gasteiger charge is 2.21. The van der Waals surface area contributed by atoms with Crippen LogP contribution in [0.4, 0.5) is 5.13 Å². The normalized spacial score (nSPS) is 10.9. The number of amides is 1.